The van der Waals surface area contributed by atoms with Crippen LogP contribution < -0.4 is 9.47 Å². The second kappa shape index (κ2) is 7.84. The maximum absolute atomic E-state index is 12.0. The van der Waals surface area contributed by atoms with E-state index in [1.165, 1.54) is 12.1 Å². The first-order valence-corrected chi connectivity index (χ1v) is 10.2. The summed E-state index contributed by atoms with van der Waals surface area (Å²) >= 11 is 0. The van der Waals surface area contributed by atoms with Crippen molar-refractivity contribution in [2.75, 3.05) is 19.5 Å². The van der Waals surface area contributed by atoms with Crippen molar-refractivity contribution in [1.82, 2.24) is 4.98 Å². The summed E-state index contributed by atoms with van der Waals surface area (Å²) in [7, 11) is -1.69. The Morgan fingerprint density at radius 1 is 1.07 bits per heavy atom. The number of oxazole rings is 1. The molecule has 6 nitrogen and oxygen atoms in total. The van der Waals surface area contributed by atoms with Crippen LogP contribution in [0.3, 0.4) is 0 Å². The normalized spacial score (nSPS) is 12.0. The summed E-state index contributed by atoms with van der Waals surface area (Å²) in [5.41, 5.74) is 1.94. The van der Waals surface area contributed by atoms with Crippen LogP contribution in [0.25, 0.3) is 23.3 Å². The van der Waals surface area contributed by atoms with E-state index in [-0.39, 0.29) is 10.6 Å². The highest BCUT2D eigenvalue weighted by molar-refractivity contribution is 7.91. The molecule has 0 aliphatic carbocycles. The van der Waals surface area contributed by atoms with Gasteiger partial charge in [-0.15, -0.1) is 0 Å². The molecule has 27 heavy (non-hydrogen) atoms. The van der Waals surface area contributed by atoms with Gasteiger partial charge in [-0.1, -0.05) is 13.0 Å². The maximum atomic E-state index is 12.0. The third-order valence-electron chi connectivity index (χ3n) is 4.02. The molecule has 0 saturated heterocycles. The SMILES string of the molecule is CCOc1ccc(/C=C/c2nc3cc(S(=O)(=O)CC)ccc3o2)cc1OC. The van der Waals surface area contributed by atoms with Gasteiger partial charge in [0, 0.05) is 6.08 Å². The zero-order chi connectivity index (χ0) is 19.4. The summed E-state index contributed by atoms with van der Waals surface area (Å²) in [6.07, 6.45) is 3.57. The molecule has 0 amide bonds. The third-order valence-corrected chi connectivity index (χ3v) is 5.75. The molecule has 0 saturated carbocycles. The molecule has 3 aromatic rings. The largest absolute Gasteiger partial charge is 0.493 e. The molecule has 2 aromatic carbocycles. The molecule has 0 unspecified atom stereocenters. The van der Waals surface area contributed by atoms with Gasteiger partial charge in [0.1, 0.15) is 5.52 Å². The number of hydrogen-bond acceptors (Lipinski definition) is 6. The summed E-state index contributed by atoms with van der Waals surface area (Å²) in [6.45, 7) is 4.09. The number of methoxy groups -OCH3 is 1. The van der Waals surface area contributed by atoms with Crippen molar-refractivity contribution < 1.29 is 22.3 Å². The first-order valence-electron chi connectivity index (χ1n) is 8.59. The zero-order valence-corrected chi connectivity index (χ0v) is 16.2. The standard InChI is InChI=1S/C20H21NO5S/c1-4-25-18-9-6-14(12-19(18)24-3)7-11-20-21-16-13-15(27(22,23)5-2)8-10-17(16)26-20/h6-13H,4-5H2,1-3H3/b11-7+. The van der Waals surface area contributed by atoms with Crippen molar-refractivity contribution in [3.63, 3.8) is 0 Å². The Morgan fingerprint density at radius 2 is 1.89 bits per heavy atom. The van der Waals surface area contributed by atoms with Gasteiger partial charge in [0.2, 0.25) is 5.89 Å². The predicted octanol–water partition coefficient (Wildman–Crippen LogP) is 4.20. The van der Waals surface area contributed by atoms with Crippen LogP contribution in [-0.4, -0.2) is 32.9 Å². The minimum absolute atomic E-state index is 0.0443. The van der Waals surface area contributed by atoms with Crippen molar-refractivity contribution in [2.45, 2.75) is 18.7 Å². The van der Waals surface area contributed by atoms with E-state index in [0.29, 0.717) is 35.1 Å². The van der Waals surface area contributed by atoms with Crippen molar-refractivity contribution in [3.05, 3.63) is 47.9 Å². The predicted molar refractivity (Wildman–Crippen MR) is 105 cm³/mol. The molecule has 7 heteroatoms. The molecule has 0 bridgehead atoms. The van der Waals surface area contributed by atoms with Crippen LogP contribution in [0.1, 0.15) is 25.3 Å². The highest BCUT2D eigenvalue weighted by Gasteiger charge is 2.14. The van der Waals surface area contributed by atoms with Gasteiger partial charge >= 0.3 is 0 Å². The second-order valence-electron chi connectivity index (χ2n) is 5.76. The number of aromatic nitrogens is 1. The molecule has 0 fully saturated rings. The Kier molecular flexibility index (Phi) is 5.51. The Bertz CT molecular complexity index is 1080. The first kappa shape index (κ1) is 19.0. The van der Waals surface area contributed by atoms with Gasteiger partial charge in [0.15, 0.2) is 26.9 Å². The quantitative estimate of drug-likeness (QED) is 0.605. The van der Waals surface area contributed by atoms with Crippen LogP contribution in [-0.2, 0) is 9.84 Å². The van der Waals surface area contributed by atoms with E-state index < -0.39 is 9.84 Å². The molecule has 142 valence electrons. The molecule has 0 aliphatic rings. The van der Waals surface area contributed by atoms with Crippen LogP contribution in [0.5, 0.6) is 11.5 Å². The van der Waals surface area contributed by atoms with Gasteiger partial charge < -0.3 is 13.9 Å². The molecule has 1 heterocycles. The van der Waals surface area contributed by atoms with Crippen LogP contribution in [0.2, 0.25) is 0 Å². The Morgan fingerprint density at radius 3 is 2.59 bits per heavy atom. The Balaban J connectivity index is 1.88. The fourth-order valence-corrected chi connectivity index (χ4v) is 3.49. The number of ether oxygens (including phenoxy) is 2. The summed E-state index contributed by atoms with van der Waals surface area (Å²) in [5.74, 6) is 1.77. The lowest BCUT2D eigenvalue weighted by atomic mass is 10.2. The minimum Gasteiger partial charge on any atom is -0.493 e. The van der Waals surface area contributed by atoms with Crippen LogP contribution in [0.4, 0.5) is 0 Å². The molecule has 1 aromatic heterocycles. The summed E-state index contributed by atoms with van der Waals surface area (Å²) in [4.78, 5) is 4.60. The second-order valence-corrected chi connectivity index (χ2v) is 8.04. The molecule has 0 atom stereocenters. The van der Waals surface area contributed by atoms with E-state index in [4.69, 9.17) is 13.9 Å². The lowest BCUT2D eigenvalue weighted by molar-refractivity contribution is 0.311. The smallest absolute Gasteiger partial charge is 0.220 e. The number of rotatable bonds is 7. The van der Waals surface area contributed by atoms with E-state index in [0.717, 1.165) is 5.56 Å². The number of hydrogen-bond donors (Lipinski definition) is 0. The Labute approximate surface area is 158 Å². The fraction of sp³-hybridized carbons (Fsp3) is 0.250. The van der Waals surface area contributed by atoms with Crippen molar-refractivity contribution in [2.24, 2.45) is 0 Å². The number of nitrogens with zero attached hydrogens (tertiary/aromatic N) is 1. The average molecular weight is 387 g/mol. The van der Waals surface area contributed by atoms with Gasteiger partial charge in [-0.2, -0.15) is 0 Å². The number of fused-ring (bicyclic) bond motifs is 1. The zero-order valence-electron chi connectivity index (χ0n) is 15.4. The third kappa shape index (κ3) is 4.14. The van der Waals surface area contributed by atoms with Gasteiger partial charge in [0.25, 0.3) is 0 Å². The highest BCUT2D eigenvalue weighted by atomic mass is 32.2. The first-order chi connectivity index (χ1) is 13.0. The lowest BCUT2D eigenvalue weighted by Crippen LogP contribution is -2.03. The number of sulfone groups is 1. The van der Waals surface area contributed by atoms with E-state index in [1.54, 1.807) is 26.2 Å². The molecule has 3 rings (SSSR count). The summed E-state index contributed by atoms with van der Waals surface area (Å²) in [5, 5.41) is 0. The van der Waals surface area contributed by atoms with E-state index in [9.17, 15) is 8.42 Å². The van der Waals surface area contributed by atoms with E-state index in [1.807, 2.05) is 31.2 Å². The molecular weight excluding hydrogens is 366 g/mol. The number of benzene rings is 2. The Hall–Kier alpha value is -2.80. The lowest BCUT2D eigenvalue weighted by Gasteiger charge is -2.09. The highest BCUT2D eigenvalue weighted by Crippen LogP contribution is 2.29. The van der Waals surface area contributed by atoms with Crippen molar-refractivity contribution in [1.29, 1.82) is 0 Å². The summed E-state index contributed by atoms with van der Waals surface area (Å²) in [6, 6.07) is 10.3. The summed E-state index contributed by atoms with van der Waals surface area (Å²) < 4.78 is 40.5. The van der Waals surface area contributed by atoms with Gasteiger partial charge in [0.05, 0.1) is 24.4 Å². The minimum atomic E-state index is -3.28. The average Bonchev–Trinajstić information content (AvgIpc) is 3.09. The van der Waals surface area contributed by atoms with Crippen LogP contribution >= 0.6 is 0 Å². The molecule has 0 aliphatic heterocycles. The molecule has 0 spiro atoms. The van der Waals surface area contributed by atoms with E-state index >= 15 is 0 Å². The monoisotopic (exact) mass is 387 g/mol. The van der Waals surface area contributed by atoms with Gasteiger partial charge in [-0.3, -0.25) is 0 Å². The molecular formula is C20H21NO5S. The van der Waals surface area contributed by atoms with Gasteiger partial charge in [-0.05, 0) is 48.9 Å². The molecule has 0 radical (unpaired) electrons. The molecule has 0 N–H and O–H groups in total. The van der Waals surface area contributed by atoms with Crippen molar-refractivity contribution in [3.8, 4) is 11.5 Å². The van der Waals surface area contributed by atoms with Gasteiger partial charge in [-0.25, -0.2) is 13.4 Å². The van der Waals surface area contributed by atoms with Crippen LogP contribution in [0.15, 0.2) is 45.7 Å². The van der Waals surface area contributed by atoms with Crippen LogP contribution in [0, 0.1) is 0 Å². The fourth-order valence-electron chi connectivity index (χ4n) is 2.59. The maximum Gasteiger partial charge on any atom is 0.220 e. The van der Waals surface area contributed by atoms with Crippen molar-refractivity contribution >= 4 is 33.1 Å². The topological polar surface area (TPSA) is 78.6 Å². The van der Waals surface area contributed by atoms with E-state index in [2.05, 4.69) is 4.98 Å².